The van der Waals surface area contributed by atoms with E-state index >= 15 is 0 Å². The Bertz CT molecular complexity index is 1290. The molecule has 146 valence electrons. The molecule has 2 aromatic heterocycles. The van der Waals surface area contributed by atoms with Gasteiger partial charge < -0.3 is 4.52 Å². The molecule has 29 heavy (non-hydrogen) atoms. The quantitative estimate of drug-likeness (QED) is 0.533. The maximum atomic E-state index is 12.0. The van der Waals surface area contributed by atoms with Crippen LogP contribution in [0.1, 0.15) is 28.8 Å². The SMILES string of the molecule is Cc1nc(C(c2ccc(Cl)cc2)c2ccc(-n3ncc(=O)[nH]c3=O)cc2Cl)no1. The van der Waals surface area contributed by atoms with Crippen LogP contribution in [-0.4, -0.2) is 24.9 Å². The summed E-state index contributed by atoms with van der Waals surface area (Å²) in [5.41, 5.74) is 0.730. The van der Waals surface area contributed by atoms with Gasteiger partial charge in [-0.2, -0.15) is 14.8 Å². The highest BCUT2D eigenvalue weighted by Gasteiger charge is 2.24. The third kappa shape index (κ3) is 3.85. The summed E-state index contributed by atoms with van der Waals surface area (Å²) >= 11 is 12.6. The van der Waals surface area contributed by atoms with E-state index in [1.165, 1.54) is 0 Å². The number of H-pyrrole nitrogens is 1. The summed E-state index contributed by atoms with van der Waals surface area (Å²) in [7, 11) is 0. The molecule has 4 aromatic rings. The van der Waals surface area contributed by atoms with Crippen LogP contribution in [0.4, 0.5) is 0 Å². The van der Waals surface area contributed by atoms with Gasteiger partial charge in [0.25, 0.3) is 5.56 Å². The number of nitrogens with zero attached hydrogens (tertiary/aromatic N) is 4. The van der Waals surface area contributed by atoms with Gasteiger partial charge in [-0.3, -0.25) is 9.78 Å². The second kappa shape index (κ2) is 7.65. The van der Waals surface area contributed by atoms with Gasteiger partial charge in [0.1, 0.15) is 6.20 Å². The molecule has 8 nitrogen and oxygen atoms in total. The van der Waals surface area contributed by atoms with Crippen LogP contribution in [0.25, 0.3) is 5.69 Å². The van der Waals surface area contributed by atoms with Crippen LogP contribution < -0.4 is 11.2 Å². The van der Waals surface area contributed by atoms with E-state index in [1.807, 2.05) is 12.1 Å². The summed E-state index contributed by atoms with van der Waals surface area (Å²) in [5, 5.41) is 8.86. The van der Waals surface area contributed by atoms with Crippen LogP contribution in [0.2, 0.25) is 10.0 Å². The second-order valence-electron chi connectivity index (χ2n) is 6.21. The number of hydrogen-bond donors (Lipinski definition) is 1. The fourth-order valence-electron chi connectivity index (χ4n) is 2.97. The minimum Gasteiger partial charge on any atom is -0.340 e. The topological polar surface area (TPSA) is 107 Å². The van der Waals surface area contributed by atoms with E-state index in [9.17, 15) is 9.59 Å². The Morgan fingerprint density at radius 3 is 2.48 bits per heavy atom. The number of nitrogens with one attached hydrogen (secondary N) is 1. The number of aromatic amines is 1. The molecule has 10 heteroatoms. The number of aromatic nitrogens is 5. The number of hydrogen-bond acceptors (Lipinski definition) is 6. The summed E-state index contributed by atoms with van der Waals surface area (Å²) in [6.07, 6.45) is 1.02. The Morgan fingerprint density at radius 1 is 1.10 bits per heavy atom. The predicted molar refractivity (Wildman–Crippen MR) is 107 cm³/mol. The van der Waals surface area contributed by atoms with Gasteiger partial charge >= 0.3 is 5.69 Å². The summed E-state index contributed by atoms with van der Waals surface area (Å²) in [4.78, 5) is 29.7. The van der Waals surface area contributed by atoms with E-state index in [0.29, 0.717) is 33.0 Å². The third-order valence-electron chi connectivity index (χ3n) is 4.26. The molecule has 1 N–H and O–H groups in total. The lowest BCUT2D eigenvalue weighted by molar-refractivity contribution is 0.386. The van der Waals surface area contributed by atoms with Crippen LogP contribution >= 0.6 is 23.2 Å². The molecule has 2 aromatic carbocycles. The summed E-state index contributed by atoms with van der Waals surface area (Å²) < 4.78 is 6.20. The molecule has 0 aliphatic carbocycles. The Labute approximate surface area is 173 Å². The first-order valence-corrected chi connectivity index (χ1v) is 9.22. The lowest BCUT2D eigenvalue weighted by Crippen LogP contribution is -2.30. The lowest BCUT2D eigenvalue weighted by atomic mass is 9.90. The van der Waals surface area contributed by atoms with Crippen molar-refractivity contribution >= 4 is 23.2 Å². The molecule has 0 aliphatic heterocycles. The minimum absolute atomic E-state index is 0.366. The van der Waals surface area contributed by atoms with Gasteiger partial charge in [0.15, 0.2) is 5.82 Å². The largest absolute Gasteiger partial charge is 0.349 e. The molecular weight excluding hydrogens is 417 g/mol. The van der Waals surface area contributed by atoms with Crippen molar-refractivity contribution in [3.05, 3.63) is 102 Å². The zero-order valence-electron chi connectivity index (χ0n) is 15.0. The van der Waals surface area contributed by atoms with Crippen molar-refractivity contribution in [3.8, 4) is 5.69 Å². The number of benzene rings is 2. The van der Waals surface area contributed by atoms with Crippen LogP contribution in [-0.2, 0) is 0 Å². The highest BCUT2D eigenvalue weighted by molar-refractivity contribution is 6.31. The first-order valence-electron chi connectivity index (χ1n) is 8.46. The molecule has 0 saturated carbocycles. The fraction of sp³-hybridized carbons (Fsp3) is 0.105. The van der Waals surface area contributed by atoms with Gasteiger partial charge in [0.2, 0.25) is 5.89 Å². The van der Waals surface area contributed by atoms with Gasteiger partial charge in [0.05, 0.1) is 11.6 Å². The Kier molecular flexibility index (Phi) is 5.04. The number of rotatable bonds is 4. The molecule has 0 fully saturated rings. The molecule has 0 aliphatic rings. The third-order valence-corrected chi connectivity index (χ3v) is 4.84. The zero-order chi connectivity index (χ0) is 20.5. The summed E-state index contributed by atoms with van der Waals surface area (Å²) in [5.74, 6) is 0.459. The average Bonchev–Trinajstić information content (AvgIpc) is 3.11. The first kappa shape index (κ1) is 19.1. The van der Waals surface area contributed by atoms with Gasteiger partial charge in [-0.15, -0.1) is 0 Å². The summed E-state index contributed by atoms with van der Waals surface area (Å²) in [6.45, 7) is 1.70. The highest BCUT2D eigenvalue weighted by atomic mass is 35.5. The Balaban J connectivity index is 1.84. The monoisotopic (exact) mass is 429 g/mol. The van der Waals surface area contributed by atoms with Gasteiger partial charge in [-0.1, -0.05) is 46.6 Å². The molecular formula is C19H13Cl2N5O3. The van der Waals surface area contributed by atoms with Gasteiger partial charge in [-0.05, 0) is 35.4 Å². The Morgan fingerprint density at radius 2 is 1.86 bits per heavy atom. The molecule has 1 unspecified atom stereocenters. The van der Waals surface area contributed by atoms with Crippen molar-refractivity contribution in [2.75, 3.05) is 0 Å². The van der Waals surface area contributed by atoms with E-state index in [4.69, 9.17) is 27.7 Å². The molecule has 0 radical (unpaired) electrons. The first-order chi connectivity index (χ1) is 13.9. The lowest BCUT2D eigenvalue weighted by Gasteiger charge is -2.17. The van der Waals surface area contributed by atoms with Crippen molar-refractivity contribution in [1.29, 1.82) is 0 Å². The molecule has 0 saturated heterocycles. The van der Waals surface area contributed by atoms with Crippen molar-refractivity contribution in [2.45, 2.75) is 12.8 Å². The minimum atomic E-state index is -0.663. The van der Waals surface area contributed by atoms with E-state index in [2.05, 4.69) is 20.2 Å². The van der Waals surface area contributed by atoms with Crippen molar-refractivity contribution in [2.24, 2.45) is 0 Å². The van der Waals surface area contributed by atoms with Crippen molar-refractivity contribution in [3.63, 3.8) is 0 Å². The molecule has 0 amide bonds. The van der Waals surface area contributed by atoms with E-state index in [1.54, 1.807) is 37.3 Å². The van der Waals surface area contributed by atoms with E-state index < -0.39 is 17.2 Å². The number of halogens is 2. The maximum absolute atomic E-state index is 12.0. The number of aryl methyl sites for hydroxylation is 1. The predicted octanol–water partition coefficient (Wildman–Crippen LogP) is 3.10. The average molecular weight is 430 g/mol. The van der Waals surface area contributed by atoms with Crippen molar-refractivity contribution < 1.29 is 4.52 Å². The maximum Gasteiger partial charge on any atom is 0.349 e. The van der Waals surface area contributed by atoms with Gasteiger partial charge in [-0.25, -0.2) is 4.79 Å². The highest BCUT2D eigenvalue weighted by Crippen LogP contribution is 2.35. The Hall–Kier alpha value is -3.23. The van der Waals surface area contributed by atoms with Crippen molar-refractivity contribution in [1.82, 2.24) is 24.9 Å². The van der Waals surface area contributed by atoms with E-state index in [0.717, 1.165) is 16.4 Å². The van der Waals surface area contributed by atoms with Crippen LogP contribution in [0, 0.1) is 6.92 Å². The normalized spacial score (nSPS) is 12.1. The zero-order valence-corrected chi connectivity index (χ0v) is 16.5. The molecule has 4 rings (SSSR count). The molecule has 2 heterocycles. The van der Waals surface area contributed by atoms with Gasteiger partial charge in [0, 0.05) is 17.0 Å². The van der Waals surface area contributed by atoms with Crippen LogP contribution in [0.3, 0.4) is 0 Å². The molecule has 1 atom stereocenters. The molecule has 0 bridgehead atoms. The van der Waals surface area contributed by atoms with E-state index in [-0.39, 0.29) is 0 Å². The fourth-order valence-corrected chi connectivity index (χ4v) is 3.38. The molecule has 0 spiro atoms. The van der Waals surface area contributed by atoms with Crippen LogP contribution in [0.5, 0.6) is 0 Å². The smallest absolute Gasteiger partial charge is 0.340 e. The summed E-state index contributed by atoms with van der Waals surface area (Å²) in [6, 6.07) is 12.3. The second-order valence-corrected chi connectivity index (χ2v) is 7.06. The standard InChI is InChI=1S/C19H13Cl2N5O3/c1-10-23-18(25-29-10)17(11-2-4-12(20)5-3-11)14-7-6-13(8-15(14)21)26-19(28)24-16(27)9-22-26/h2-9,17H,1H3,(H,24,27,28). The van der Waals surface area contributed by atoms with Crippen LogP contribution in [0.15, 0.2) is 62.8 Å².